The summed E-state index contributed by atoms with van der Waals surface area (Å²) in [4.78, 5) is 8.68. The number of hydrogen-bond donors (Lipinski definition) is 1. The average Bonchev–Trinajstić information content (AvgIpc) is 3.37. The lowest BCUT2D eigenvalue weighted by molar-refractivity contribution is 0.413. The molecule has 2 aromatic heterocycles. The summed E-state index contributed by atoms with van der Waals surface area (Å²) in [6.45, 7) is 0.293. The lowest BCUT2D eigenvalue weighted by Crippen LogP contribution is -2.34. The van der Waals surface area contributed by atoms with Crippen molar-refractivity contribution in [3.8, 4) is 5.75 Å². The van der Waals surface area contributed by atoms with Crippen LogP contribution < -0.4 is 9.46 Å². The molecule has 1 atom stereocenters. The van der Waals surface area contributed by atoms with E-state index in [9.17, 15) is 8.42 Å². The van der Waals surface area contributed by atoms with Crippen LogP contribution in [0, 0.1) is 0 Å². The molecule has 9 heteroatoms. The Kier molecular flexibility index (Phi) is 5.56. The Morgan fingerprint density at radius 1 is 1.13 bits per heavy atom. The lowest BCUT2D eigenvalue weighted by Gasteiger charge is -2.20. The molecule has 30 heavy (non-hydrogen) atoms. The minimum absolute atomic E-state index is 0.0851. The van der Waals surface area contributed by atoms with Crippen molar-refractivity contribution in [1.82, 2.24) is 23.8 Å². The van der Waals surface area contributed by atoms with Gasteiger partial charge in [0.15, 0.2) is 0 Å². The first-order chi connectivity index (χ1) is 14.5. The summed E-state index contributed by atoms with van der Waals surface area (Å²) in [5, 5.41) is 0. The van der Waals surface area contributed by atoms with E-state index in [1.807, 2.05) is 60.1 Å². The van der Waals surface area contributed by atoms with E-state index in [1.165, 1.54) is 0 Å². The largest absolute Gasteiger partial charge is 0.497 e. The van der Waals surface area contributed by atoms with Crippen LogP contribution in [0.4, 0.5) is 0 Å². The van der Waals surface area contributed by atoms with Crippen LogP contribution >= 0.6 is 0 Å². The minimum Gasteiger partial charge on any atom is -0.497 e. The van der Waals surface area contributed by atoms with Crippen molar-refractivity contribution in [2.75, 3.05) is 12.9 Å². The molecule has 0 saturated carbocycles. The highest BCUT2D eigenvalue weighted by Gasteiger charge is 2.25. The number of para-hydroxylation sites is 2. The lowest BCUT2D eigenvalue weighted by atomic mass is 10.1. The molecule has 0 saturated heterocycles. The first kappa shape index (κ1) is 20.1. The fraction of sp³-hybridized carbons (Fsp3) is 0.238. The van der Waals surface area contributed by atoms with E-state index in [0.717, 1.165) is 16.6 Å². The van der Waals surface area contributed by atoms with Gasteiger partial charge in [0, 0.05) is 26.0 Å². The van der Waals surface area contributed by atoms with Crippen LogP contribution in [0.1, 0.15) is 17.4 Å². The summed E-state index contributed by atoms with van der Waals surface area (Å²) >= 11 is 0. The number of ether oxygens (including phenoxy) is 1. The van der Waals surface area contributed by atoms with Crippen molar-refractivity contribution >= 4 is 21.1 Å². The Hall–Kier alpha value is -3.17. The molecule has 4 rings (SSSR count). The average molecular weight is 426 g/mol. The third-order valence-corrected chi connectivity index (χ3v) is 6.28. The number of aryl methyl sites for hydroxylation is 2. The van der Waals surface area contributed by atoms with Gasteiger partial charge in [-0.2, -0.15) is 0 Å². The van der Waals surface area contributed by atoms with Crippen LogP contribution in [0.15, 0.2) is 67.3 Å². The van der Waals surface area contributed by atoms with E-state index < -0.39 is 16.1 Å². The molecule has 0 fully saturated rings. The van der Waals surface area contributed by atoms with Crippen LogP contribution in [0.2, 0.25) is 0 Å². The number of nitrogens with zero attached hydrogens (tertiary/aromatic N) is 4. The number of hydrogen-bond acceptors (Lipinski definition) is 5. The van der Waals surface area contributed by atoms with Crippen LogP contribution in [-0.2, 0) is 23.6 Å². The molecule has 0 aliphatic rings. The molecule has 0 radical (unpaired) electrons. The molecule has 2 aromatic carbocycles. The van der Waals surface area contributed by atoms with E-state index in [1.54, 1.807) is 30.4 Å². The maximum atomic E-state index is 13.0. The van der Waals surface area contributed by atoms with Crippen LogP contribution in [0.25, 0.3) is 11.0 Å². The van der Waals surface area contributed by atoms with Crippen molar-refractivity contribution in [2.24, 2.45) is 7.05 Å². The number of benzene rings is 2. The van der Waals surface area contributed by atoms with Gasteiger partial charge in [0.1, 0.15) is 17.6 Å². The number of imidazole rings is 2. The minimum atomic E-state index is -3.63. The number of sulfonamides is 1. The first-order valence-electron chi connectivity index (χ1n) is 9.48. The van der Waals surface area contributed by atoms with Gasteiger partial charge in [0.05, 0.1) is 30.2 Å². The smallest absolute Gasteiger partial charge is 0.214 e. The van der Waals surface area contributed by atoms with Gasteiger partial charge in [-0.05, 0) is 29.8 Å². The second kappa shape index (κ2) is 8.29. The highest BCUT2D eigenvalue weighted by atomic mass is 32.2. The Balaban J connectivity index is 1.59. The SMILES string of the molecule is COc1cccc(C(NS(=O)(=O)CCn2cnc3ccccc32)c2nccn2C)c1. The Morgan fingerprint density at radius 2 is 1.97 bits per heavy atom. The van der Waals surface area contributed by atoms with Gasteiger partial charge in [-0.25, -0.2) is 23.1 Å². The van der Waals surface area contributed by atoms with Gasteiger partial charge in [-0.1, -0.05) is 24.3 Å². The molecule has 2 heterocycles. The summed E-state index contributed by atoms with van der Waals surface area (Å²) in [7, 11) is -0.216. The van der Waals surface area contributed by atoms with Crippen molar-refractivity contribution in [2.45, 2.75) is 12.6 Å². The predicted octanol–water partition coefficient (Wildman–Crippen LogP) is 2.49. The summed E-state index contributed by atoms with van der Waals surface area (Å²) in [5.41, 5.74) is 2.49. The summed E-state index contributed by atoms with van der Waals surface area (Å²) < 4.78 is 37.8. The second-order valence-corrected chi connectivity index (χ2v) is 8.84. The van der Waals surface area contributed by atoms with Crippen molar-refractivity contribution < 1.29 is 13.2 Å². The fourth-order valence-corrected chi connectivity index (χ4v) is 4.55. The second-order valence-electron chi connectivity index (χ2n) is 6.97. The van der Waals surface area contributed by atoms with E-state index >= 15 is 0 Å². The van der Waals surface area contributed by atoms with E-state index in [0.29, 0.717) is 18.1 Å². The molecule has 1 N–H and O–H groups in total. The zero-order valence-electron chi connectivity index (χ0n) is 16.8. The van der Waals surface area contributed by atoms with E-state index in [4.69, 9.17) is 4.74 Å². The fourth-order valence-electron chi connectivity index (χ4n) is 3.39. The van der Waals surface area contributed by atoms with Crippen LogP contribution in [0.3, 0.4) is 0 Å². The van der Waals surface area contributed by atoms with Crippen LogP contribution in [0.5, 0.6) is 5.75 Å². The zero-order valence-corrected chi connectivity index (χ0v) is 17.6. The van der Waals surface area contributed by atoms with Gasteiger partial charge < -0.3 is 13.9 Å². The summed E-state index contributed by atoms with van der Waals surface area (Å²) in [6, 6.07) is 14.3. The molecule has 0 bridgehead atoms. The van der Waals surface area contributed by atoms with Crippen molar-refractivity contribution in [3.05, 3.63) is 78.6 Å². The molecular weight excluding hydrogens is 402 g/mol. The van der Waals surface area contributed by atoms with E-state index in [2.05, 4.69) is 14.7 Å². The number of methoxy groups -OCH3 is 1. The first-order valence-corrected chi connectivity index (χ1v) is 11.1. The predicted molar refractivity (Wildman–Crippen MR) is 115 cm³/mol. The normalized spacial score (nSPS) is 12.9. The molecule has 1 unspecified atom stereocenters. The third kappa shape index (κ3) is 4.22. The maximum Gasteiger partial charge on any atom is 0.214 e. The monoisotopic (exact) mass is 425 g/mol. The molecule has 0 amide bonds. The quantitative estimate of drug-likeness (QED) is 0.468. The topological polar surface area (TPSA) is 91.0 Å². The Labute approximate surface area is 175 Å². The molecular formula is C21H23N5O3S. The highest BCUT2D eigenvalue weighted by Crippen LogP contribution is 2.25. The zero-order chi connectivity index (χ0) is 21.1. The number of rotatable bonds is 8. The van der Waals surface area contributed by atoms with Gasteiger partial charge in [-0.3, -0.25) is 0 Å². The third-order valence-electron chi connectivity index (χ3n) is 4.97. The molecule has 8 nitrogen and oxygen atoms in total. The maximum absolute atomic E-state index is 13.0. The highest BCUT2D eigenvalue weighted by molar-refractivity contribution is 7.89. The number of nitrogens with one attached hydrogen (secondary N) is 1. The molecule has 0 spiro atoms. The Bertz CT molecular complexity index is 1260. The summed E-state index contributed by atoms with van der Waals surface area (Å²) in [6.07, 6.45) is 5.10. The standard InChI is InChI=1S/C21H23N5O3S/c1-25-11-10-22-21(25)20(16-6-5-7-17(14-16)29-2)24-30(27,28)13-12-26-15-23-18-8-3-4-9-19(18)26/h3-11,14-15,20,24H,12-13H2,1-2H3. The molecule has 0 aliphatic carbocycles. The van der Waals surface area contributed by atoms with Gasteiger partial charge in [0.2, 0.25) is 10.0 Å². The van der Waals surface area contributed by atoms with Crippen molar-refractivity contribution in [3.63, 3.8) is 0 Å². The number of fused-ring (bicyclic) bond motifs is 1. The Morgan fingerprint density at radius 3 is 2.73 bits per heavy atom. The van der Waals surface area contributed by atoms with Crippen molar-refractivity contribution in [1.29, 1.82) is 0 Å². The van der Waals surface area contributed by atoms with Gasteiger partial charge >= 0.3 is 0 Å². The van der Waals surface area contributed by atoms with Gasteiger partial charge in [0.25, 0.3) is 0 Å². The van der Waals surface area contributed by atoms with E-state index in [-0.39, 0.29) is 5.75 Å². The van der Waals surface area contributed by atoms with Gasteiger partial charge in [-0.15, -0.1) is 0 Å². The molecule has 0 aliphatic heterocycles. The molecule has 4 aromatic rings. The molecule has 156 valence electrons. The number of aromatic nitrogens is 4. The van der Waals surface area contributed by atoms with Crippen LogP contribution in [-0.4, -0.2) is 40.4 Å². The summed E-state index contributed by atoms with van der Waals surface area (Å²) in [5.74, 6) is 1.16.